The number of hydrogen-bond acceptors (Lipinski definition) is 8. The van der Waals surface area contributed by atoms with Gasteiger partial charge in [-0.2, -0.15) is 0 Å². The van der Waals surface area contributed by atoms with Crippen molar-refractivity contribution in [1.29, 1.82) is 0 Å². The van der Waals surface area contributed by atoms with E-state index in [4.69, 9.17) is 9.47 Å². The lowest BCUT2D eigenvalue weighted by molar-refractivity contribution is -0.302. The zero-order valence-electron chi connectivity index (χ0n) is 47.1. The highest BCUT2D eigenvalue weighted by atomic mass is 16.7. The van der Waals surface area contributed by atoms with E-state index in [9.17, 15) is 30.3 Å². The van der Waals surface area contributed by atoms with Crippen molar-refractivity contribution in [3.05, 3.63) is 72.9 Å². The summed E-state index contributed by atoms with van der Waals surface area (Å²) in [5.41, 5.74) is 0. The first kappa shape index (κ1) is 68.6. The van der Waals surface area contributed by atoms with Crippen LogP contribution in [0.3, 0.4) is 0 Å². The van der Waals surface area contributed by atoms with E-state index in [0.717, 1.165) is 64.2 Å². The maximum atomic E-state index is 13.0. The zero-order chi connectivity index (χ0) is 52.9. The Labute approximate surface area is 448 Å². The molecule has 7 unspecified atom stereocenters. The van der Waals surface area contributed by atoms with E-state index in [0.29, 0.717) is 6.42 Å². The van der Waals surface area contributed by atoms with Gasteiger partial charge in [-0.15, -0.1) is 0 Å². The zero-order valence-corrected chi connectivity index (χ0v) is 47.1. The Morgan fingerprint density at radius 1 is 0.479 bits per heavy atom. The van der Waals surface area contributed by atoms with E-state index < -0.39 is 49.5 Å². The van der Waals surface area contributed by atoms with E-state index >= 15 is 0 Å². The van der Waals surface area contributed by atoms with E-state index in [2.05, 4.69) is 79.9 Å². The number of rotatable bonds is 52. The molecule has 1 aliphatic rings. The van der Waals surface area contributed by atoms with Crippen molar-refractivity contribution in [3.8, 4) is 0 Å². The van der Waals surface area contributed by atoms with Crippen molar-refractivity contribution in [3.63, 3.8) is 0 Å². The first-order valence-electron chi connectivity index (χ1n) is 30.7. The van der Waals surface area contributed by atoms with E-state index in [1.807, 2.05) is 6.08 Å². The Bertz CT molecular complexity index is 1380. The Morgan fingerprint density at radius 2 is 0.863 bits per heavy atom. The number of hydrogen-bond donors (Lipinski definition) is 6. The summed E-state index contributed by atoms with van der Waals surface area (Å²) in [6.07, 6.45) is 67.3. The van der Waals surface area contributed by atoms with E-state index in [1.54, 1.807) is 6.08 Å². The molecule has 9 heteroatoms. The van der Waals surface area contributed by atoms with E-state index in [1.165, 1.54) is 186 Å². The molecule has 9 nitrogen and oxygen atoms in total. The van der Waals surface area contributed by atoms with Crippen molar-refractivity contribution < 1.29 is 39.8 Å². The second-order valence-corrected chi connectivity index (χ2v) is 21.1. The normalized spacial score (nSPS) is 19.6. The average molecular weight is 1030 g/mol. The maximum Gasteiger partial charge on any atom is 0.220 e. The Balaban J connectivity index is 2.02. The lowest BCUT2D eigenvalue weighted by atomic mass is 9.99. The van der Waals surface area contributed by atoms with Gasteiger partial charge in [0.2, 0.25) is 5.91 Å². The SMILES string of the molecule is CC/C=C\C/C=C\C/C=C\C/C=C\CCCCCCCCCCCCCCCCCCCCCCCCCCCCC(=O)NC(COC1OC(CO)C(O)C(O)C1O)C(O)/C=C/CC/C=C/CCCCCCC. The molecule has 1 rings (SSSR count). The highest BCUT2D eigenvalue weighted by Gasteiger charge is 2.44. The number of allylic oxidation sites excluding steroid dienone is 11. The van der Waals surface area contributed by atoms with Crippen LogP contribution >= 0.6 is 0 Å². The predicted octanol–water partition coefficient (Wildman–Crippen LogP) is 15.6. The molecule has 1 saturated heterocycles. The number of carbonyl (C=O) groups is 1. The fraction of sp³-hybridized carbons (Fsp3) is 0.797. The fourth-order valence-corrected chi connectivity index (χ4v) is 9.46. The molecule has 1 aliphatic heterocycles. The minimum atomic E-state index is -1.57. The molecule has 0 aromatic carbocycles. The molecule has 7 atom stereocenters. The van der Waals surface area contributed by atoms with Crippen LogP contribution in [-0.4, -0.2) is 87.5 Å². The van der Waals surface area contributed by atoms with Gasteiger partial charge in [0.15, 0.2) is 6.29 Å². The minimum Gasteiger partial charge on any atom is -0.394 e. The number of amides is 1. The predicted molar refractivity (Wildman–Crippen MR) is 309 cm³/mol. The summed E-state index contributed by atoms with van der Waals surface area (Å²) in [5, 5.41) is 54.3. The Hall–Kier alpha value is -2.37. The molecule has 424 valence electrons. The highest BCUT2D eigenvalue weighted by Crippen LogP contribution is 2.23. The van der Waals surface area contributed by atoms with Crippen molar-refractivity contribution in [1.82, 2.24) is 5.32 Å². The molecular formula is C64H115NO8. The minimum absolute atomic E-state index is 0.186. The van der Waals surface area contributed by atoms with Gasteiger partial charge in [-0.3, -0.25) is 4.79 Å². The summed E-state index contributed by atoms with van der Waals surface area (Å²) in [5.74, 6) is -0.186. The van der Waals surface area contributed by atoms with Crippen LogP contribution in [0.2, 0.25) is 0 Å². The molecular weight excluding hydrogens is 911 g/mol. The summed E-state index contributed by atoms with van der Waals surface area (Å²) < 4.78 is 11.2. The molecule has 73 heavy (non-hydrogen) atoms. The summed E-state index contributed by atoms with van der Waals surface area (Å²) in [7, 11) is 0. The van der Waals surface area contributed by atoms with Crippen molar-refractivity contribution in [2.75, 3.05) is 13.2 Å². The van der Waals surface area contributed by atoms with Gasteiger partial charge in [-0.1, -0.05) is 267 Å². The standard InChI is InChI=1S/C64H115NO8/c1-3-5-7-9-11-13-15-16-17-18-19-20-21-22-23-24-25-26-27-28-29-30-31-32-33-34-35-36-37-38-39-40-41-42-44-46-48-50-52-54-60(68)65-57(56-72-64-63(71)62(70)61(69)59(55-66)73-64)58(67)53-51-49-47-45-43-14-12-10-8-6-4-2/h5,7,11,13,16-17,19-20,43,45,51,53,57-59,61-64,66-67,69-71H,3-4,6,8-10,12,14-15,18,21-42,44,46-50,52,54-56H2,1-2H3,(H,65,68)/b7-5-,13-11-,17-16-,20-19-,45-43+,53-51+. The van der Waals surface area contributed by atoms with Gasteiger partial charge < -0.3 is 40.3 Å². The first-order chi connectivity index (χ1) is 35.8. The largest absolute Gasteiger partial charge is 0.394 e. The highest BCUT2D eigenvalue weighted by molar-refractivity contribution is 5.76. The van der Waals surface area contributed by atoms with Crippen LogP contribution in [-0.2, 0) is 14.3 Å². The Kier molecular flexibility index (Phi) is 49.9. The summed E-state index contributed by atoms with van der Waals surface area (Å²) >= 11 is 0. The fourth-order valence-electron chi connectivity index (χ4n) is 9.46. The van der Waals surface area contributed by atoms with E-state index in [-0.39, 0.29) is 12.5 Å². The Morgan fingerprint density at radius 3 is 1.32 bits per heavy atom. The first-order valence-corrected chi connectivity index (χ1v) is 30.7. The molecule has 0 saturated carbocycles. The molecule has 6 N–H and O–H groups in total. The van der Waals surface area contributed by atoms with Gasteiger partial charge in [0.05, 0.1) is 25.4 Å². The van der Waals surface area contributed by atoms with Crippen LogP contribution in [0.5, 0.6) is 0 Å². The third-order valence-corrected chi connectivity index (χ3v) is 14.3. The van der Waals surface area contributed by atoms with Crippen LogP contribution in [0, 0.1) is 0 Å². The number of nitrogens with one attached hydrogen (secondary N) is 1. The molecule has 1 fully saturated rings. The van der Waals surface area contributed by atoms with Crippen LogP contribution in [0.25, 0.3) is 0 Å². The monoisotopic (exact) mass is 1030 g/mol. The number of ether oxygens (including phenoxy) is 2. The lowest BCUT2D eigenvalue weighted by Gasteiger charge is -2.40. The third-order valence-electron chi connectivity index (χ3n) is 14.3. The van der Waals surface area contributed by atoms with Crippen molar-refractivity contribution in [2.24, 2.45) is 0 Å². The summed E-state index contributed by atoms with van der Waals surface area (Å²) in [6, 6.07) is -0.820. The van der Waals surface area contributed by atoms with Gasteiger partial charge in [0.1, 0.15) is 24.4 Å². The van der Waals surface area contributed by atoms with Crippen molar-refractivity contribution in [2.45, 2.75) is 314 Å². The van der Waals surface area contributed by atoms with Crippen LogP contribution in [0.1, 0.15) is 271 Å². The number of aliphatic hydroxyl groups excluding tert-OH is 5. The number of aliphatic hydroxyl groups is 5. The topological polar surface area (TPSA) is 149 Å². The quantitative estimate of drug-likeness (QED) is 0.0261. The summed E-state index contributed by atoms with van der Waals surface area (Å²) in [6.45, 7) is 3.63. The smallest absolute Gasteiger partial charge is 0.220 e. The second kappa shape index (κ2) is 53.0. The molecule has 0 aromatic rings. The maximum absolute atomic E-state index is 13.0. The second-order valence-electron chi connectivity index (χ2n) is 21.1. The van der Waals surface area contributed by atoms with Crippen LogP contribution < -0.4 is 5.32 Å². The molecule has 0 aliphatic carbocycles. The number of carbonyl (C=O) groups excluding carboxylic acids is 1. The third kappa shape index (κ3) is 42.4. The number of unbranched alkanes of at least 4 members (excludes halogenated alkanes) is 32. The van der Waals surface area contributed by atoms with Gasteiger partial charge in [0.25, 0.3) is 0 Å². The van der Waals surface area contributed by atoms with Crippen LogP contribution in [0.4, 0.5) is 0 Å². The van der Waals surface area contributed by atoms with Gasteiger partial charge >= 0.3 is 0 Å². The lowest BCUT2D eigenvalue weighted by Crippen LogP contribution is -2.60. The van der Waals surface area contributed by atoms with Gasteiger partial charge in [0, 0.05) is 6.42 Å². The molecule has 0 bridgehead atoms. The summed E-state index contributed by atoms with van der Waals surface area (Å²) in [4.78, 5) is 13.0. The average Bonchev–Trinajstić information content (AvgIpc) is 3.39. The molecule has 0 spiro atoms. The van der Waals surface area contributed by atoms with Crippen LogP contribution in [0.15, 0.2) is 72.9 Å². The molecule has 1 heterocycles. The molecule has 1 amide bonds. The molecule has 0 radical (unpaired) electrons. The van der Waals surface area contributed by atoms with Gasteiger partial charge in [-0.25, -0.2) is 0 Å². The van der Waals surface area contributed by atoms with Gasteiger partial charge in [-0.05, 0) is 70.6 Å². The molecule has 0 aromatic heterocycles. The van der Waals surface area contributed by atoms with Crippen molar-refractivity contribution >= 4 is 5.91 Å².